The maximum absolute atomic E-state index is 12.5. The first-order chi connectivity index (χ1) is 13.4. The number of benzene rings is 2. The van der Waals surface area contributed by atoms with Crippen molar-refractivity contribution in [3.8, 4) is 11.5 Å². The van der Waals surface area contributed by atoms with Crippen LogP contribution in [0.1, 0.15) is 12.5 Å². The maximum atomic E-state index is 12.5. The first-order valence-corrected chi connectivity index (χ1v) is 10.5. The number of carbonyl (C=O) groups excluding carboxylic acids is 1. The highest BCUT2D eigenvalue weighted by Gasteiger charge is 2.28. The molecule has 1 aliphatic heterocycles. The van der Waals surface area contributed by atoms with Crippen molar-refractivity contribution >= 4 is 27.8 Å². The van der Waals surface area contributed by atoms with Gasteiger partial charge in [-0.25, -0.2) is 13.8 Å². The van der Waals surface area contributed by atoms with Gasteiger partial charge in [-0.2, -0.15) is 5.10 Å². The number of rotatable bonds is 6. The van der Waals surface area contributed by atoms with Crippen molar-refractivity contribution in [1.29, 1.82) is 0 Å². The fourth-order valence-electron chi connectivity index (χ4n) is 2.84. The van der Waals surface area contributed by atoms with Gasteiger partial charge in [0.25, 0.3) is 5.91 Å². The van der Waals surface area contributed by atoms with Gasteiger partial charge in [0.2, 0.25) is 10.0 Å². The highest BCUT2D eigenvalue weighted by molar-refractivity contribution is 7.92. The van der Waals surface area contributed by atoms with Crippen LogP contribution < -0.4 is 19.2 Å². The first-order valence-electron chi connectivity index (χ1n) is 8.64. The zero-order valence-corrected chi connectivity index (χ0v) is 16.3. The van der Waals surface area contributed by atoms with Crippen LogP contribution >= 0.6 is 0 Å². The number of ether oxygens (including phenoxy) is 2. The van der Waals surface area contributed by atoms with E-state index in [1.807, 2.05) is 0 Å². The van der Waals surface area contributed by atoms with Crippen LogP contribution in [0.3, 0.4) is 0 Å². The summed E-state index contributed by atoms with van der Waals surface area (Å²) in [6.45, 7) is 2.41. The molecule has 3 rings (SSSR count). The van der Waals surface area contributed by atoms with Gasteiger partial charge in [-0.05, 0) is 31.2 Å². The molecule has 0 saturated heterocycles. The summed E-state index contributed by atoms with van der Waals surface area (Å²) >= 11 is 0. The molecule has 0 aromatic heterocycles. The third-order valence-corrected chi connectivity index (χ3v) is 5.32. The largest absolute Gasteiger partial charge is 0.486 e. The monoisotopic (exact) mass is 403 g/mol. The fourth-order valence-corrected chi connectivity index (χ4v) is 4.02. The number of amides is 1. The Hall–Kier alpha value is -3.07. The second-order valence-electron chi connectivity index (χ2n) is 6.18. The molecule has 0 spiro atoms. The lowest BCUT2D eigenvalue weighted by molar-refractivity contribution is -0.121. The van der Waals surface area contributed by atoms with E-state index in [0.29, 0.717) is 36.0 Å². The lowest BCUT2D eigenvalue weighted by Gasteiger charge is -2.27. The van der Waals surface area contributed by atoms with Crippen molar-refractivity contribution in [3.05, 3.63) is 54.1 Å². The number of sulfonamides is 1. The molecular formula is C19H21N3O5S. The van der Waals surface area contributed by atoms with Gasteiger partial charge in [0, 0.05) is 5.56 Å². The number of anilines is 1. The van der Waals surface area contributed by atoms with Gasteiger partial charge in [-0.1, -0.05) is 24.3 Å². The Labute approximate surface area is 163 Å². The van der Waals surface area contributed by atoms with E-state index in [0.717, 1.165) is 10.6 Å². The van der Waals surface area contributed by atoms with Crippen LogP contribution in [0.15, 0.2) is 53.6 Å². The minimum atomic E-state index is -3.67. The van der Waals surface area contributed by atoms with E-state index in [-0.39, 0.29) is 0 Å². The summed E-state index contributed by atoms with van der Waals surface area (Å²) in [6, 6.07) is 12.8. The second-order valence-corrected chi connectivity index (χ2v) is 8.04. The molecule has 9 heteroatoms. The van der Waals surface area contributed by atoms with Crippen LogP contribution in [0.25, 0.3) is 0 Å². The van der Waals surface area contributed by atoms with Crippen molar-refractivity contribution in [2.24, 2.45) is 5.10 Å². The lowest BCUT2D eigenvalue weighted by Crippen LogP contribution is -2.46. The van der Waals surface area contributed by atoms with Crippen molar-refractivity contribution < 1.29 is 22.7 Å². The van der Waals surface area contributed by atoms with Crippen LogP contribution in [0.2, 0.25) is 0 Å². The molecule has 0 saturated carbocycles. The van der Waals surface area contributed by atoms with E-state index in [1.165, 1.54) is 13.1 Å². The summed E-state index contributed by atoms with van der Waals surface area (Å²) in [7, 11) is -3.67. The zero-order chi connectivity index (χ0) is 20.1. The number of hydrogen-bond acceptors (Lipinski definition) is 6. The van der Waals surface area contributed by atoms with E-state index < -0.39 is 22.0 Å². The number of hydrazone groups is 1. The smallest absolute Gasteiger partial charge is 0.263 e. The summed E-state index contributed by atoms with van der Waals surface area (Å²) in [6.07, 6.45) is 2.49. The van der Waals surface area contributed by atoms with E-state index in [9.17, 15) is 13.2 Å². The summed E-state index contributed by atoms with van der Waals surface area (Å²) in [4.78, 5) is 12.5. The Morgan fingerprint density at radius 2 is 1.86 bits per heavy atom. The van der Waals surface area contributed by atoms with Crippen LogP contribution in [0.4, 0.5) is 5.69 Å². The number of fused-ring (bicyclic) bond motifs is 1. The Kier molecular flexibility index (Phi) is 5.84. The van der Waals surface area contributed by atoms with Gasteiger partial charge in [0.15, 0.2) is 11.5 Å². The predicted molar refractivity (Wildman–Crippen MR) is 106 cm³/mol. The molecule has 0 bridgehead atoms. The number of carbonyl (C=O) groups is 1. The average Bonchev–Trinajstić information content (AvgIpc) is 2.68. The van der Waals surface area contributed by atoms with Gasteiger partial charge in [0.1, 0.15) is 19.3 Å². The molecule has 28 heavy (non-hydrogen) atoms. The summed E-state index contributed by atoms with van der Waals surface area (Å²) in [5, 5.41) is 3.95. The summed E-state index contributed by atoms with van der Waals surface area (Å²) < 4.78 is 36.6. The molecule has 2 aromatic carbocycles. The minimum absolute atomic E-state index is 0.402. The second kappa shape index (κ2) is 8.30. The molecule has 0 radical (unpaired) electrons. The highest BCUT2D eigenvalue weighted by Crippen LogP contribution is 2.32. The Morgan fingerprint density at radius 1 is 1.14 bits per heavy atom. The van der Waals surface area contributed by atoms with E-state index >= 15 is 0 Å². The molecule has 148 valence electrons. The van der Waals surface area contributed by atoms with E-state index in [4.69, 9.17) is 9.47 Å². The molecule has 8 nitrogen and oxygen atoms in total. The van der Waals surface area contributed by atoms with Crippen LogP contribution in [-0.2, 0) is 14.8 Å². The zero-order valence-electron chi connectivity index (χ0n) is 15.5. The van der Waals surface area contributed by atoms with Crippen LogP contribution in [0, 0.1) is 0 Å². The molecule has 1 N–H and O–H groups in total. The molecular weight excluding hydrogens is 382 g/mol. The third kappa shape index (κ3) is 4.42. The Balaban J connectivity index is 1.74. The van der Waals surface area contributed by atoms with Crippen molar-refractivity contribution in [1.82, 2.24) is 5.43 Å². The van der Waals surface area contributed by atoms with Gasteiger partial charge in [-0.15, -0.1) is 0 Å². The number of nitrogens with zero attached hydrogens (tertiary/aromatic N) is 2. The topological polar surface area (TPSA) is 97.3 Å². The van der Waals surface area contributed by atoms with E-state index in [1.54, 1.807) is 48.5 Å². The molecule has 1 heterocycles. The Morgan fingerprint density at radius 3 is 2.57 bits per heavy atom. The van der Waals surface area contributed by atoms with Crippen LogP contribution in [-0.4, -0.2) is 46.1 Å². The Bertz CT molecular complexity index is 976. The van der Waals surface area contributed by atoms with Crippen molar-refractivity contribution in [3.63, 3.8) is 0 Å². The SMILES string of the molecule is C[C@@H](C(=O)N/N=C\c1cccc2c1OCCO2)N(c1ccccc1)S(C)(=O)=O. The maximum Gasteiger partial charge on any atom is 0.263 e. The van der Waals surface area contributed by atoms with Crippen molar-refractivity contribution in [2.45, 2.75) is 13.0 Å². The molecule has 1 aliphatic rings. The van der Waals surface area contributed by atoms with Crippen molar-refractivity contribution in [2.75, 3.05) is 23.8 Å². The third-order valence-electron chi connectivity index (χ3n) is 4.07. The normalized spacial score (nSPS) is 14.5. The minimum Gasteiger partial charge on any atom is -0.486 e. The predicted octanol–water partition coefficient (Wildman–Crippen LogP) is 1.76. The molecule has 2 aromatic rings. The van der Waals surface area contributed by atoms with Gasteiger partial charge in [0.05, 0.1) is 18.2 Å². The van der Waals surface area contributed by atoms with Gasteiger partial charge >= 0.3 is 0 Å². The quantitative estimate of drug-likeness (QED) is 0.586. The lowest BCUT2D eigenvalue weighted by atomic mass is 10.2. The fraction of sp³-hybridized carbons (Fsp3) is 0.263. The number of nitrogens with one attached hydrogen (secondary N) is 1. The molecule has 0 aliphatic carbocycles. The molecule has 1 amide bonds. The summed E-state index contributed by atoms with van der Waals surface area (Å²) in [5.41, 5.74) is 3.44. The number of para-hydroxylation sites is 2. The van der Waals surface area contributed by atoms with Gasteiger partial charge < -0.3 is 9.47 Å². The van der Waals surface area contributed by atoms with E-state index in [2.05, 4.69) is 10.5 Å². The number of hydrogen-bond donors (Lipinski definition) is 1. The van der Waals surface area contributed by atoms with Gasteiger partial charge in [-0.3, -0.25) is 9.10 Å². The summed E-state index contributed by atoms with van der Waals surface area (Å²) in [5.74, 6) is 0.608. The molecule has 0 fully saturated rings. The first kappa shape index (κ1) is 19.7. The highest BCUT2D eigenvalue weighted by atomic mass is 32.2. The molecule has 0 unspecified atom stereocenters. The standard InChI is InChI=1S/C19H21N3O5S/c1-14(22(28(2,24)25)16-8-4-3-5-9-16)19(23)21-20-13-15-7-6-10-17-18(15)27-12-11-26-17/h3-10,13-14H,11-12H2,1-2H3,(H,21,23)/b20-13-/t14-/m0/s1. The molecule has 1 atom stereocenters. The van der Waals surface area contributed by atoms with Crippen LogP contribution in [0.5, 0.6) is 11.5 Å². The average molecular weight is 403 g/mol.